The van der Waals surface area contributed by atoms with Crippen molar-refractivity contribution in [2.75, 3.05) is 18.0 Å². The van der Waals surface area contributed by atoms with Crippen molar-refractivity contribution in [2.45, 2.75) is 64.2 Å². The number of aryl methyl sites for hydroxylation is 1. The average Bonchev–Trinajstić information content (AvgIpc) is 3.02. The molecule has 2 aliphatic heterocycles. The highest BCUT2D eigenvalue weighted by atomic mass is 15.2. The topological polar surface area (TPSA) is 50.9 Å². The molecule has 0 amide bonds. The van der Waals surface area contributed by atoms with Crippen LogP contribution in [0.3, 0.4) is 0 Å². The minimum atomic E-state index is 0.180. The SMILES string of the molecule is CC1(C)CCN2CCC(C)(C)c3cc(/C=C/C4=CC(=C(C=N)C=N)c5ccccc5CC4)cc1c32. The number of nitrogens with zero attached hydrogens (tertiary/aromatic N) is 1. The molecule has 0 atom stereocenters. The van der Waals surface area contributed by atoms with Crippen molar-refractivity contribution in [3.8, 4) is 0 Å². The van der Waals surface area contributed by atoms with E-state index in [9.17, 15) is 0 Å². The Morgan fingerprint density at radius 2 is 1.49 bits per heavy atom. The second kappa shape index (κ2) is 8.78. The maximum Gasteiger partial charge on any atom is 0.0442 e. The summed E-state index contributed by atoms with van der Waals surface area (Å²) < 4.78 is 0. The lowest BCUT2D eigenvalue weighted by Crippen LogP contribution is -2.44. The van der Waals surface area contributed by atoms with Crippen LogP contribution in [-0.4, -0.2) is 25.5 Å². The number of allylic oxidation sites excluding steroid dienone is 5. The van der Waals surface area contributed by atoms with Crippen LogP contribution in [0.15, 0.2) is 59.7 Å². The van der Waals surface area contributed by atoms with Gasteiger partial charge in [-0.1, -0.05) is 70.2 Å². The van der Waals surface area contributed by atoms with Gasteiger partial charge in [0.1, 0.15) is 0 Å². The van der Waals surface area contributed by atoms with Gasteiger partial charge in [0.25, 0.3) is 0 Å². The molecule has 0 saturated carbocycles. The zero-order valence-corrected chi connectivity index (χ0v) is 21.5. The normalized spacial score (nSPS) is 19.9. The minimum absolute atomic E-state index is 0.180. The van der Waals surface area contributed by atoms with Gasteiger partial charge in [-0.05, 0) is 87.6 Å². The van der Waals surface area contributed by atoms with E-state index in [1.54, 1.807) is 0 Å². The molecule has 0 aromatic heterocycles. The summed E-state index contributed by atoms with van der Waals surface area (Å²) in [7, 11) is 0. The van der Waals surface area contributed by atoms with Crippen molar-refractivity contribution in [3.63, 3.8) is 0 Å². The number of benzene rings is 2. The van der Waals surface area contributed by atoms with E-state index in [0.29, 0.717) is 5.57 Å². The van der Waals surface area contributed by atoms with Crippen LogP contribution in [-0.2, 0) is 17.3 Å². The third-order valence-electron chi connectivity index (χ3n) is 8.35. The molecule has 0 bridgehead atoms. The predicted molar refractivity (Wildman–Crippen MR) is 150 cm³/mol. The second-order valence-electron chi connectivity index (χ2n) is 11.6. The molecule has 5 rings (SSSR count). The molecule has 3 nitrogen and oxygen atoms in total. The van der Waals surface area contributed by atoms with Crippen LogP contribution in [0.1, 0.15) is 74.8 Å². The van der Waals surface area contributed by atoms with Gasteiger partial charge in [0.05, 0.1) is 0 Å². The first-order valence-corrected chi connectivity index (χ1v) is 12.9. The highest BCUT2D eigenvalue weighted by molar-refractivity contribution is 6.12. The van der Waals surface area contributed by atoms with Gasteiger partial charge in [0.2, 0.25) is 0 Å². The lowest BCUT2D eigenvalue weighted by molar-refractivity contribution is 0.401. The van der Waals surface area contributed by atoms with Gasteiger partial charge in [-0.2, -0.15) is 0 Å². The molecule has 2 aromatic carbocycles. The zero-order chi connectivity index (χ0) is 24.8. The minimum Gasteiger partial charge on any atom is -0.371 e. The number of anilines is 1. The monoisotopic (exact) mass is 463 g/mol. The molecular weight excluding hydrogens is 426 g/mol. The maximum absolute atomic E-state index is 7.86. The lowest BCUT2D eigenvalue weighted by Gasteiger charge is -2.48. The van der Waals surface area contributed by atoms with Crippen LogP contribution < -0.4 is 4.90 Å². The van der Waals surface area contributed by atoms with Crippen LogP contribution >= 0.6 is 0 Å². The van der Waals surface area contributed by atoms with Gasteiger partial charge in [0.15, 0.2) is 0 Å². The summed E-state index contributed by atoms with van der Waals surface area (Å²) in [5.41, 5.74) is 11.4. The highest BCUT2D eigenvalue weighted by Crippen LogP contribution is 2.49. The largest absolute Gasteiger partial charge is 0.371 e. The number of hydrogen-bond acceptors (Lipinski definition) is 3. The van der Waals surface area contributed by atoms with Crippen molar-refractivity contribution >= 4 is 29.8 Å². The summed E-state index contributed by atoms with van der Waals surface area (Å²) >= 11 is 0. The number of hydrogen-bond donors (Lipinski definition) is 2. The first-order valence-electron chi connectivity index (χ1n) is 12.9. The van der Waals surface area contributed by atoms with Crippen LogP contribution in [0.4, 0.5) is 5.69 Å². The molecule has 0 spiro atoms. The molecule has 0 saturated heterocycles. The first kappa shape index (κ1) is 23.5. The summed E-state index contributed by atoms with van der Waals surface area (Å²) in [5.74, 6) is 0. The predicted octanol–water partition coefficient (Wildman–Crippen LogP) is 7.49. The molecule has 35 heavy (non-hydrogen) atoms. The Balaban J connectivity index is 1.58. The van der Waals surface area contributed by atoms with Gasteiger partial charge in [-0.15, -0.1) is 0 Å². The van der Waals surface area contributed by atoms with Crippen LogP contribution in [0.5, 0.6) is 0 Å². The molecule has 1 aliphatic carbocycles. The van der Waals surface area contributed by atoms with E-state index in [-0.39, 0.29) is 10.8 Å². The van der Waals surface area contributed by atoms with Gasteiger partial charge < -0.3 is 15.7 Å². The standard InChI is InChI=1S/C32H37N3/c1-31(2)13-15-35-16-14-32(3,4)29-19-23(18-28(31)30(29)35)10-9-22-11-12-24-7-5-6-8-26(24)27(17-22)25(20-33)21-34/h5-10,17-21,33-34H,11-16H2,1-4H3/b10-9+,27-25?,33-20?,34-21?. The van der Waals surface area contributed by atoms with Gasteiger partial charge in [0, 0.05) is 36.8 Å². The molecule has 0 fully saturated rings. The van der Waals surface area contributed by atoms with E-state index in [1.165, 1.54) is 58.8 Å². The Labute approximate surface area is 210 Å². The Hall–Kier alpha value is -3.20. The van der Waals surface area contributed by atoms with Crippen molar-refractivity contribution < 1.29 is 0 Å². The van der Waals surface area contributed by atoms with Gasteiger partial charge in [-0.3, -0.25) is 0 Å². The van der Waals surface area contributed by atoms with Crippen LogP contribution in [0.2, 0.25) is 0 Å². The third kappa shape index (κ3) is 4.22. The van der Waals surface area contributed by atoms with Crippen molar-refractivity contribution in [2.24, 2.45) is 0 Å². The Morgan fingerprint density at radius 3 is 2.11 bits per heavy atom. The van der Waals surface area contributed by atoms with E-state index >= 15 is 0 Å². The van der Waals surface area contributed by atoms with Crippen molar-refractivity contribution in [1.29, 1.82) is 10.8 Å². The first-order chi connectivity index (χ1) is 16.7. The van der Waals surface area contributed by atoms with Gasteiger partial charge in [-0.25, -0.2) is 0 Å². The van der Waals surface area contributed by atoms with E-state index < -0.39 is 0 Å². The number of nitrogens with one attached hydrogen (secondary N) is 2. The quantitative estimate of drug-likeness (QED) is 0.453. The van der Waals surface area contributed by atoms with Crippen LogP contribution in [0.25, 0.3) is 11.6 Å². The summed E-state index contributed by atoms with van der Waals surface area (Å²) in [6.07, 6.45) is 13.6. The van der Waals surface area contributed by atoms with E-state index in [4.69, 9.17) is 10.8 Å². The molecule has 2 heterocycles. The lowest BCUT2D eigenvalue weighted by atomic mass is 9.69. The Bertz CT molecular complexity index is 1230. The molecule has 0 unspecified atom stereocenters. The number of fused-ring (bicyclic) bond motifs is 1. The Morgan fingerprint density at radius 1 is 0.857 bits per heavy atom. The highest BCUT2D eigenvalue weighted by Gasteiger charge is 2.39. The summed E-state index contributed by atoms with van der Waals surface area (Å²) in [5, 5.41) is 15.7. The average molecular weight is 464 g/mol. The summed E-state index contributed by atoms with van der Waals surface area (Å²) in [6, 6.07) is 13.3. The third-order valence-corrected chi connectivity index (χ3v) is 8.35. The van der Waals surface area contributed by atoms with Gasteiger partial charge >= 0.3 is 0 Å². The molecule has 180 valence electrons. The van der Waals surface area contributed by atoms with E-state index in [1.807, 2.05) is 6.07 Å². The number of rotatable bonds is 4. The fraction of sp³-hybridized carbons (Fsp3) is 0.375. The zero-order valence-electron chi connectivity index (χ0n) is 21.5. The van der Waals surface area contributed by atoms with Crippen molar-refractivity contribution in [1.82, 2.24) is 0 Å². The summed E-state index contributed by atoms with van der Waals surface area (Å²) in [4.78, 5) is 2.62. The molecule has 3 aliphatic rings. The maximum atomic E-state index is 7.86. The smallest absolute Gasteiger partial charge is 0.0442 e. The molecule has 2 N–H and O–H groups in total. The molecule has 0 radical (unpaired) electrons. The van der Waals surface area contributed by atoms with Crippen LogP contribution in [0, 0.1) is 10.8 Å². The molecular formula is C32H37N3. The summed E-state index contributed by atoms with van der Waals surface area (Å²) in [6.45, 7) is 11.9. The second-order valence-corrected chi connectivity index (χ2v) is 11.6. The fourth-order valence-electron chi connectivity index (χ4n) is 5.95. The van der Waals surface area contributed by atoms with E-state index in [0.717, 1.165) is 37.1 Å². The fourth-order valence-corrected chi connectivity index (χ4v) is 5.95. The Kier molecular flexibility index (Phi) is 5.91. The van der Waals surface area contributed by atoms with Crippen molar-refractivity contribution in [3.05, 3.63) is 87.5 Å². The van der Waals surface area contributed by atoms with E-state index in [2.05, 4.69) is 81.2 Å². The molecule has 3 heteroatoms. The molecule has 2 aromatic rings.